The SMILES string of the molecule is COc1ccccc1-c1cc(C(=O)N2CCc3nc(NC(=O)NC(C)C)sc3C2)n(C)n1. The van der Waals surface area contributed by atoms with E-state index in [1.165, 1.54) is 11.3 Å². The Hall–Kier alpha value is -3.40. The van der Waals surface area contributed by atoms with Crippen molar-refractivity contribution in [2.24, 2.45) is 7.05 Å². The number of thiazole rings is 1. The van der Waals surface area contributed by atoms with Crippen molar-refractivity contribution in [3.63, 3.8) is 0 Å². The Morgan fingerprint density at radius 1 is 1.25 bits per heavy atom. The molecule has 168 valence electrons. The van der Waals surface area contributed by atoms with Crippen molar-refractivity contribution in [3.05, 3.63) is 46.6 Å². The third kappa shape index (κ3) is 4.45. The van der Waals surface area contributed by atoms with Crippen LogP contribution in [0.4, 0.5) is 9.93 Å². The van der Waals surface area contributed by atoms with E-state index in [-0.39, 0.29) is 18.0 Å². The van der Waals surface area contributed by atoms with E-state index in [0.717, 1.165) is 16.1 Å². The number of benzene rings is 1. The van der Waals surface area contributed by atoms with Gasteiger partial charge in [0.1, 0.15) is 11.4 Å². The monoisotopic (exact) mass is 454 g/mol. The van der Waals surface area contributed by atoms with Crippen LogP contribution in [0.15, 0.2) is 30.3 Å². The Bertz CT molecular complexity index is 1150. The number of para-hydroxylation sites is 1. The molecule has 32 heavy (non-hydrogen) atoms. The van der Waals surface area contributed by atoms with E-state index in [1.807, 2.05) is 38.1 Å². The number of anilines is 1. The van der Waals surface area contributed by atoms with Crippen LogP contribution in [0.2, 0.25) is 0 Å². The lowest BCUT2D eigenvalue weighted by molar-refractivity contribution is 0.0725. The van der Waals surface area contributed by atoms with E-state index < -0.39 is 0 Å². The van der Waals surface area contributed by atoms with Crippen LogP contribution in [-0.4, -0.2) is 51.3 Å². The molecule has 2 aromatic heterocycles. The molecule has 0 atom stereocenters. The molecule has 3 amide bonds. The molecule has 3 aromatic rings. The van der Waals surface area contributed by atoms with Crippen LogP contribution in [0, 0.1) is 0 Å². The smallest absolute Gasteiger partial charge is 0.321 e. The van der Waals surface area contributed by atoms with E-state index >= 15 is 0 Å². The number of carbonyl (C=O) groups is 2. The highest BCUT2D eigenvalue weighted by Gasteiger charge is 2.27. The first kappa shape index (κ1) is 21.8. The number of aromatic nitrogens is 3. The largest absolute Gasteiger partial charge is 0.496 e. The average molecular weight is 455 g/mol. The normalized spacial score (nSPS) is 13.1. The minimum atomic E-state index is -0.280. The Morgan fingerprint density at radius 3 is 2.78 bits per heavy atom. The third-order valence-corrected chi connectivity index (χ3v) is 6.14. The molecule has 0 radical (unpaired) electrons. The molecule has 2 N–H and O–H groups in total. The van der Waals surface area contributed by atoms with Gasteiger partial charge < -0.3 is 15.0 Å². The maximum atomic E-state index is 13.3. The van der Waals surface area contributed by atoms with Crippen molar-refractivity contribution in [1.29, 1.82) is 0 Å². The number of carbonyl (C=O) groups excluding carboxylic acids is 2. The highest BCUT2D eigenvalue weighted by atomic mass is 32.1. The van der Waals surface area contributed by atoms with Crippen molar-refractivity contribution in [2.75, 3.05) is 19.0 Å². The molecule has 9 nitrogen and oxygen atoms in total. The van der Waals surface area contributed by atoms with Gasteiger partial charge in [0.25, 0.3) is 5.91 Å². The summed E-state index contributed by atoms with van der Waals surface area (Å²) < 4.78 is 7.04. The van der Waals surface area contributed by atoms with Gasteiger partial charge in [-0.15, -0.1) is 0 Å². The summed E-state index contributed by atoms with van der Waals surface area (Å²) in [7, 11) is 3.38. The molecule has 0 spiro atoms. The highest BCUT2D eigenvalue weighted by Crippen LogP contribution is 2.31. The molecule has 0 unspecified atom stereocenters. The van der Waals surface area contributed by atoms with Gasteiger partial charge in [-0.1, -0.05) is 23.5 Å². The van der Waals surface area contributed by atoms with Gasteiger partial charge >= 0.3 is 6.03 Å². The molecule has 0 fully saturated rings. The number of nitrogens with zero attached hydrogens (tertiary/aromatic N) is 4. The average Bonchev–Trinajstić information content (AvgIpc) is 3.34. The number of ether oxygens (including phenoxy) is 1. The summed E-state index contributed by atoms with van der Waals surface area (Å²) >= 11 is 1.40. The Labute approximate surface area is 190 Å². The summed E-state index contributed by atoms with van der Waals surface area (Å²) in [5, 5.41) is 10.6. The highest BCUT2D eigenvalue weighted by molar-refractivity contribution is 7.15. The van der Waals surface area contributed by atoms with Gasteiger partial charge in [-0.25, -0.2) is 9.78 Å². The van der Waals surface area contributed by atoms with Crippen molar-refractivity contribution in [1.82, 2.24) is 25.0 Å². The van der Waals surface area contributed by atoms with Crippen molar-refractivity contribution in [3.8, 4) is 17.0 Å². The second-order valence-electron chi connectivity index (χ2n) is 7.86. The zero-order valence-corrected chi connectivity index (χ0v) is 19.3. The summed E-state index contributed by atoms with van der Waals surface area (Å²) in [4.78, 5) is 32.5. The molecule has 3 heterocycles. The zero-order chi connectivity index (χ0) is 22.8. The van der Waals surface area contributed by atoms with Gasteiger partial charge in [0.05, 0.1) is 25.0 Å². The fourth-order valence-electron chi connectivity index (χ4n) is 3.63. The molecule has 0 bridgehead atoms. The van der Waals surface area contributed by atoms with Gasteiger partial charge in [0, 0.05) is 36.5 Å². The minimum absolute atomic E-state index is 0.0392. The number of methoxy groups -OCH3 is 1. The van der Waals surface area contributed by atoms with Crippen LogP contribution in [0.25, 0.3) is 11.3 Å². The molecule has 0 aliphatic carbocycles. The van der Waals surface area contributed by atoms with Gasteiger partial charge in [0.15, 0.2) is 5.13 Å². The van der Waals surface area contributed by atoms with Crippen molar-refractivity contribution >= 4 is 28.4 Å². The molecular weight excluding hydrogens is 428 g/mol. The topological polar surface area (TPSA) is 101 Å². The number of amides is 3. The first-order chi connectivity index (χ1) is 15.4. The number of hydrogen-bond donors (Lipinski definition) is 2. The van der Waals surface area contributed by atoms with E-state index in [4.69, 9.17) is 4.74 Å². The molecule has 0 saturated heterocycles. The lowest BCUT2D eigenvalue weighted by Gasteiger charge is -2.25. The zero-order valence-electron chi connectivity index (χ0n) is 18.5. The fraction of sp³-hybridized carbons (Fsp3) is 0.364. The summed E-state index contributed by atoms with van der Waals surface area (Å²) in [6, 6.07) is 9.16. The number of urea groups is 1. The quantitative estimate of drug-likeness (QED) is 0.616. The molecule has 0 saturated carbocycles. The third-order valence-electron chi connectivity index (χ3n) is 5.14. The van der Waals surface area contributed by atoms with Crippen LogP contribution >= 0.6 is 11.3 Å². The van der Waals surface area contributed by atoms with E-state index in [1.54, 1.807) is 29.8 Å². The van der Waals surface area contributed by atoms with Crippen LogP contribution in [-0.2, 0) is 20.0 Å². The summed E-state index contributed by atoms with van der Waals surface area (Å²) in [5.74, 6) is 0.616. The number of fused-ring (bicyclic) bond motifs is 1. The molecule has 4 rings (SSSR count). The number of aryl methyl sites for hydroxylation is 1. The molecular formula is C22H26N6O3S. The summed E-state index contributed by atoms with van der Waals surface area (Å²) in [6.45, 7) is 4.80. The summed E-state index contributed by atoms with van der Waals surface area (Å²) in [6.07, 6.45) is 0.641. The number of rotatable bonds is 5. The predicted molar refractivity (Wildman–Crippen MR) is 123 cm³/mol. The number of nitrogens with one attached hydrogen (secondary N) is 2. The minimum Gasteiger partial charge on any atom is -0.496 e. The summed E-state index contributed by atoms with van der Waals surface area (Å²) in [5.41, 5.74) is 2.96. The van der Waals surface area contributed by atoms with Gasteiger partial charge in [-0.05, 0) is 32.0 Å². The molecule has 10 heteroatoms. The molecule has 1 aliphatic heterocycles. The lowest BCUT2D eigenvalue weighted by Crippen LogP contribution is -2.36. The van der Waals surface area contributed by atoms with Crippen molar-refractivity contribution < 1.29 is 14.3 Å². The first-order valence-corrected chi connectivity index (χ1v) is 11.2. The maximum absolute atomic E-state index is 13.3. The second-order valence-corrected chi connectivity index (χ2v) is 8.94. The van der Waals surface area contributed by atoms with Gasteiger partial charge in [0.2, 0.25) is 0 Å². The molecule has 1 aliphatic rings. The fourth-order valence-corrected chi connectivity index (χ4v) is 4.65. The predicted octanol–water partition coefficient (Wildman–Crippen LogP) is 3.28. The second kappa shape index (κ2) is 8.99. The van der Waals surface area contributed by atoms with E-state index in [0.29, 0.717) is 41.8 Å². The van der Waals surface area contributed by atoms with E-state index in [9.17, 15) is 9.59 Å². The standard InChI is InChI=1S/C22H26N6O3S/c1-13(2)23-21(30)25-22-24-15-9-10-28(12-19(15)32-22)20(29)17-11-16(26-27(17)3)14-7-5-6-8-18(14)31-4/h5-8,11,13H,9-10,12H2,1-4H3,(H2,23,24,25,30). The van der Waals surface area contributed by atoms with Gasteiger partial charge in [-0.2, -0.15) is 5.10 Å². The Balaban J connectivity index is 1.50. The Kier molecular flexibility index (Phi) is 6.13. The van der Waals surface area contributed by atoms with Crippen molar-refractivity contribution in [2.45, 2.75) is 32.9 Å². The van der Waals surface area contributed by atoms with Crippen LogP contribution < -0.4 is 15.4 Å². The Morgan fingerprint density at radius 2 is 2.03 bits per heavy atom. The van der Waals surface area contributed by atoms with Crippen LogP contribution in [0.3, 0.4) is 0 Å². The number of hydrogen-bond acceptors (Lipinski definition) is 6. The molecule has 1 aromatic carbocycles. The lowest BCUT2D eigenvalue weighted by atomic mass is 10.1. The van der Waals surface area contributed by atoms with Crippen LogP contribution in [0.1, 0.15) is 34.9 Å². The van der Waals surface area contributed by atoms with Crippen LogP contribution in [0.5, 0.6) is 5.75 Å². The van der Waals surface area contributed by atoms with Gasteiger partial charge in [-0.3, -0.25) is 14.8 Å². The van der Waals surface area contributed by atoms with E-state index in [2.05, 4.69) is 20.7 Å². The maximum Gasteiger partial charge on any atom is 0.321 e. The first-order valence-electron chi connectivity index (χ1n) is 10.4.